The standard InChI is InChI=1S/C19H22ClFN2O3/c1-12-7-17(25-3)18(26-4)8-13(12)10-23(2)11-19(24)22-16-6-5-14(21)9-15(16)20/h5-9H,10-11H2,1-4H3,(H,22,24). The van der Waals surface area contributed by atoms with Crippen molar-refractivity contribution in [1.82, 2.24) is 4.90 Å². The molecule has 0 aliphatic heterocycles. The van der Waals surface area contributed by atoms with Gasteiger partial charge in [-0.2, -0.15) is 0 Å². The molecule has 0 heterocycles. The zero-order valence-electron chi connectivity index (χ0n) is 15.2. The van der Waals surface area contributed by atoms with Crippen molar-refractivity contribution in [3.8, 4) is 11.5 Å². The number of benzene rings is 2. The van der Waals surface area contributed by atoms with Crippen LogP contribution in [-0.4, -0.2) is 38.6 Å². The summed E-state index contributed by atoms with van der Waals surface area (Å²) in [6.07, 6.45) is 0. The molecule has 0 aliphatic rings. The number of anilines is 1. The molecule has 1 amide bonds. The number of carbonyl (C=O) groups excluding carboxylic acids is 1. The second-order valence-electron chi connectivity index (χ2n) is 5.98. The van der Waals surface area contributed by atoms with E-state index in [1.54, 1.807) is 14.2 Å². The van der Waals surface area contributed by atoms with Crippen molar-refractivity contribution in [2.75, 3.05) is 33.1 Å². The number of hydrogen-bond donors (Lipinski definition) is 1. The van der Waals surface area contributed by atoms with E-state index in [1.165, 1.54) is 12.1 Å². The van der Waals surface area contributed by atoms with Gasteiger partial charge in [0.1, 0.15) is 5.82 Å². The lowest BCUT2D eigenvalue weighted by Crippen LogP contribution is -2.30. The predicted molar refractivity (Wildman–Crippen MR) is 101 cm³/mol. The molecule has 0 aliphatic carbocycles. The summed E-state index contributed by atoms with van der Waals surface area (Å²) >= 11 is 5.93. The largest absolute Gasteiger partial charge is 0.493 e. The van der Waals surface area contributed by atoms with Crippen LogP contribution in [0, 0.1) is 12.7 Å². The lowest BCUT2D eigenvalue weighted by molar-refractivity contribution is -0.117. The van der Waals surface area contributed by atoms with Crippen LogP contribution in [0.15, 0.2) is 30.3 Å². The average molecular weight is 381 g/mol. The lowest BCUT2D eigenvalue weighted by atomic mass is 10.1. The Bertz CT molecular complexity index is 799. The third-order valence-corrected chi connectivity index (χ3v) is 4.21. The van der Waals surface area contributed by atoms with Crippen molar-refractivity contribution in [3.05, 3.63) is 52.3 Å². The summed E-state index contributed by atoms with van der Waals surface area (Å²) in [4.78, 5) is 14.1. The molecule has 1 N–H and O–H groups in total. The number of nitrogens with zero attached hydrogens (tertiary/aromatic N) is 1. The Morgan fingerprint density at radius 3 is 2.46 bits per heavy atom. The van der Waals surface area contributed by atoms with Gasteiger partial charge >= 0.3 is 0 Å². The van der Waals surface area contributed by atoms with Gasteiger partial charge in [-0.25, -0.2) is 4.39 Å². The fourth-order valence-electron chi connectivity index (χ4n) is 2.57. The molecule has 2 rings (SSSR count). The molecule has 0 saturated carbocycles. The first-order valence-electron chi connectivity index (χ1n) is 7.99. The van der Waals surface area contributed by atoms with Crippen molar-refractivity contribution < 1.29 is 18.7 Å². The highest BCUT2D eigenvalue weighted by molar-refractivity contribution is 6.33. The number of halogens is 2. The number of aryl methyl sites for hydroxylation is 1. The third kappa shape index (κ3) is 5.09. The monoisotopic (exact) mass is 380 g/mol. The molecule has 2 aromatic carbocycles. The number of ether oxygens (including phenoxy) is 2. The van der Waals surface area contributed by atoms with E-state index in [4.69, 9.17) is 21.1 Å². The van der Waals surface area contributed by atoms with Gasteiger partial charge in [0.2, 0.25) is 5.91 Å². The Labute approximate surface area is 157 Å². The summed E-state index contributed by atoms with van der Waals surface area (Å²) < 4.78 is 23.7. The maximum Gasteiger partial charge on any atom is 0.238 e. The minimum atomic E-state index is -0.450. The fourth-order valence-corrected chi connectivity index (χ4v) is 2.78. The van der Waals surface area contributed by atoms with Crippen LogP contribution < -0.4 is 14.8 Å². The molecule has 0 aromatic heterocycles. The number of carbonyl (C=O) groups is 1. The minimum Gasteiger partial charge on any atom is -0.493 e. The van der Waals surface area contributed by atoms with Crippen molar-refractivity contribution in [2.45, 2.75) is 13.5 Å². The van der Waals surface area contributed by atoms with Gasteiger partial charge in [-0.05, 0) is 55.4 Å². The highest BCUT2D eigenvalue weighted by Crippen LogP contribution is 2.30. The van der Waals surface area contributed by atoms with Crippen LogP contribution in [0.1, 0.15) is 11.1 Å². The number of nitrogens with one attached hydrogen (secondary N) is 1. The Morgan fingerprint density at radius 1 is 1.19 bits per heavy atom. The first kappa shape index (κ1) is 20.0. The van der Waals surface area contributed by atoms with Gasteiger partial charge in [0, 0.05) is 6.54 Å². The van der Waals surface area contributed by atoms with Gasteiger partial charge in [0.05, 0.1) is 31.5 Å². The van der Waals surface area contributed by atoms with Gasteiger partial charge in [-0.15, -0.1) is 0 Å². The maximum atomic E-state index is 13.1. The predicted octanol–water partition coefficient (Wildman–Crippen LogP) is 3.88. The SMILES string of the molecule is COc1cc(C)c(CN(C)CC(=O)Nc2ccc(F)cc2Cl)cc1OC. The van der Waals surface area contributed by atoms with E-state index in [0.717, 1.165) is 17.2 Å². The van der Waals surface area contributed by atoms with Crippen molar-refractivity contribution >= 4 is 23.2 Å². The van der Waals surface area contributed by atoms with Gasteiger partial charge in [0.25, 0.3) is 0 Å². The van der Waals surface area contributed by atoms with Gasteiger partial charge in [0.15, 0.2) is 11.5 Å². The number of methoxy groups -OCH3 is 2. The summed E-state index contributed by atoms with van der Waals surface area (Å²) in [5.74, 6) is 0.623. The first-order chi connectivity index (χ1) is 12.3. The van der Waals surface area contributed by atoms with Crippen LogP contribution in [0.3, 0.4) is 0 Å². The normalized spacial score (nSPS) is 10.7. The highest BCUT2D eigenvalue weighted by atomic mass is 35.5. The van der Waals surface area contributed by atoms with E-state index in [0.29, 0.717) is 23.7 Å². The zero-order chi connectivity index (χ0) is 19.3. The van der Waals surface area contributed by atoms with Crippen LogP contribution in [0.2, 0.25) is 5.02 Å². The molecule has 2 aromatic rings. The molecule has 0 atom stereocenters. The smallest absolute Gasteiger partial charge is 0.238 e. The number of rotatable bonds is 7. The quantitative estimate of drug-likeness (QED) is 0.792. The molecule has 0 bridgehead atoms. The average Bonchev–Trinajstić information content (AvgIpc) is 2.58. The lowest BCUT2D eigenvalue weighted by Gasteiger charge is -2.19. The second-order valence-corrected chi connectivity index (χ2v) is 6.39. The van der Waals surface area contributed by atoms with Crippen LogP contribution in [0.25, 0.3) is 0 Å². The highest BCUT2D eigenvalue weighted by Gasteiger charge is 2.13. The summed E-state index contributed by atoms with van der Waals surface area (Å²) in [6.45, 7) is 2.68. The van der Waals surface area contributed by atoms with Gasteiger partial charge in [-0.3, -0.25) is 9.69 Å². The van der Waals surface area contributed by atoms with Crippen LogP contribution >= 0.6 is 11.6 Å². The zero-order valence-corrected chi connectivity index (χ0v) is 16.0. The van der Waals surface area contributed by atoms with Crippen LogP contribution in [0.4, 0.5) is 10.1 Å². The van der Waals surface area contributed by atoms with Crippen LogP contribution in [0.5, 0.6) is 11.5 Å². The molecule has 0 radical (unpaired) electrons. The van der Waals surface area contributed by atoms with E-state index in [-0.39, 0.29) is 17.5 Å². The van der Waals surface area contributed by atoms with E-state index in [9.17, 15) is 9.18 Å². The van der Waals surface area contributed by atoms with E-state index in [2.05, 4.69) is 5.32 Å². The third-order valence-electron chi connectivity index (χ3n) is 3.90. The summed E-state index contributed by atoms with van der Waals surface area (Å²) in [6, 6.07) is 7.65. The Hall–Kier alpha value is -2.31. The van der Waals surface area contributed by atoms with Gasteiger partial charge in [-0.1, -0.05) is 11.6 Å². The Morgan fingerprint density at radius 2 is 1.85 bits per heavy atom. The summed E-state index contributed by atoms with van der Waals surface area (Å²) in [7, 11) is 5.01. The molecule has 26 heavy (non-hydrogen) atoms. The van der Waals surface area contributed by atoms with Gasteiger partial charge < -0.3 is 14.8 Å². The van der Waals surface area contributed by atoms with E-state index >= 15 is 0 Å². The van der Waals surface area contributed by atoms with Crippen molar-refractivity contribution in [3.63, 3.8) is 0 Å². The van der Waals surface area contributed by atoms with Crippen LogP contribution in [-0.2, 0) is 11.3 Å². The molecule has 140 valence electrons. The second kappa shape index (κ2) is 8.87. The molecular formula is C19H22ClFN2O3. The Kier molecular flexibility index (Phi) is 6.83. The van der Waals surface area contributed by atoms with E-state index < -0.39 is 5.82 Å². The maximum absolute atomic E-state index is 13.1. The molecule has 0 saturated heterocycles. The Balaban J connectivity index is 2.01. The summed E-state index contributed by atoms with van der Waals surface area (Å²) in [5, 5.41) is 2.85. The minimum absolute atomic E-state index is 0.154. The number of hydrogen-bond acceptors (Lipinski definition) is 4. The number of likely N-dealkylation sites (N-methyl/N-ethyl adjacent to an activating group) is 1. The fraction of sp³-hybridized carbons (Fsp3) is 0.316. The first-order valence-corrected chi connectivity index (χ1v) is 8.36. The molecule has 0 fully saturated rings. The molecule has 0 unspecified atom stereocenters. The molecule has 7 heteroatoms. The molecule has 5 nitrogen and oxygen atoms in total. The van der Waals surface area contributed by atoms with Crippen molar-refractivity contribution in [1.29, 1.82) is 0 Å². The molecular weight excluding hydrogens is 359 g/mol. The molecule has 0 spiro atoms. The van der Waals surface area contributed by atoms with E-state index in [1.807, 2.05) is 31.0 Å². The number of amides is 1. The van der Waals surface area contributed by atoms with Crippen molar-refractivity contribution in [2.24, 2.45) is 0 Å². The topological polar surface area (TPSA) is 50.8 Å². The summed E-state index contributed by atoms with van der Waals surface area (Å²) in [5.41, 5.74) is 2.45.